The van der Waals surface area contributed by atoms with Gasteiger partial charge in [-0.3, -0.25) is 0 Å². The molecule has 8 heteroatoms. The van der Waals surface area contributed by atoms with Crippen LogP contribution in [0, 0.1) is 11.8 Å². The van der Waals surface area contributed by atoms with E-state index in [-0.39, 0.29) is 18.4 Å². The molecule has 0 N–H and O–H groups in total. The number of hydrogen-bond acceptors (Lipinski definition) is 4. The fraction of sp³-hybridized carbons (Fsp3) is 0.714. The predicted molar refractivity (Wildman–Crippen MR) is 80.2 cm³/mol. The van der Waals surface area contributed by atoms with Gasteiger partial charge in [0, 0.05) is 25.3 Å². The van der Waals surface area contributed by atoms with Crippen molar-refractivity contribution in [2.75, 3.05) is 32.1 Å². The summed E-state index contributed by atoms with van der Waals surface area (Å²) in [5.41, 5.74) is -0.872. The molecule has 22 heavy (non-hydrogen) atoms. The summed E-state index contributed by atoms with van der Waals surface area (Å²) < 4.78 is 38.3. The highest BCUT2D eigenvalue weighted by atomic mass is 35.5. The maximum Gasteiger partial charge on any atom is 0.433 e. The van der Waals surface area contributed by atoms with Crippen LogP contribution in [0.3, 0.4) is 0 Å². The van der Waals surface area contributed by atoms with Gasteiger partial charge in [-0.05, 0) is 44.8 Å². The van der Waals surface area contributed by atoms with Gasteiger partial charge in [0.1, 0.15) is 5.69 Å². The highest BCUT2D eigenvalue weighted by molar-refractivity contribution is 5.85. The SMILES string of the molecule is CN(C)[C@H]1CN(c2nccc(C(F)(F)F)n2)C[C@@H]1C1CC1.Cl. The van der Waals surface area contributed by atoms with Crippen LogP contribution in [0.15, 0.2) is 12.3 Å². The maximum atomic E-state index is 12.8. The van der Waals surface area contributed by atoms with Crippen molar-refractivity contribution in [2.45, 2.75) is 25.1 Å². The Morgan fingerprint density at radius 3 is 2.45 bits per heavy atom. The Morgan fingerprint density at radius 2 is 1.91 bits per heavy atom. The van der Waals surface area contributed by atoms with Gasteiger partial charge in [-0.1, -0.05) is 0 Å². The van der Waals surface area contributed by atoms with E-state index in [9.17, 15) is 13.2 Å². The van der Waals surface area contributed by atoms with Gasteiger partial charge in [-0.2, -0.15) is 13.2 Å². The van der Waals surface area contributed by atoms with Crippen LogP contribution >= 0.6 is 12.4 Å². The zero-order valence-electron chi connectivity index (χ0n) is 12.5. The molecule has 0 spiro atoms. The lowest BCUT2D eigenvalue weighted by Crippen LogP contribution is -2.36. The highest BCUT2D eigenvalue weighted by Crippen LogP contribution is 2.43. The second kappa shape index (κ2) is 6.20. The second-order valence-electron chi connectivity index (χ2n) is 6.18. The van der Waals surface area contributed by atoms with E-state index in [0.29, 0.717) is 24.4 Å². The van der Waals surface area contributed by atoms with E-state index in [1.54, 1.807) is 0 Å². The summed E-state index contributed by atoms with van der Waals surface area (Å²) in [5, 5.41) is 0. The van der Waals surface area contributed by atoms with Crippen molar-refractivity contribution in [2.24, 2.45) is 11.8 Å². The lowest BCUT2D eigenvalue weighted by molar-refractivity contribution is -0.141. The summed E-state index contributed by atoms with van der Waals surface area (Å²) in [6, 6.07) is 1.28. The summed E-state index contributed by atoms with van der Waals surface area (Å²) in [7, 11) is 4.05. The topological polar surface area (TPSA) is 32.3 Å². The number of aromatic nitrogens is 2. The molecule has 1 aromatic rings. The molecule has 1 saturated carbocycles. The molecule has 0 bridgehead atoms. The summed E-state index contributed by atoms with van der Waals surface area (Å²) >= 11 is 0. The lowest BCUT2D eigenvalue weighted by Gasteiger charge is -2.24. The second-order valence-corrected chi connectivity index (χ2v) is 6.18. The van der Waals surface area contributed by atoms with Crippen LogP contribution in [-0.2, 0) is 6.18 Å². The van der Waals surface area contributed by atoms with Gasteiger partial charge in [0.2, 0.25) is 5.95 Å². The molecule has 2 aliphatic rings. The lowest BCUT2D eigenvalue weighted by atomic mass is 9.97. The third-order valence-corrected chi connectivity index (χ3v) is 4.44. The molecule has 4 nitrogen and oxygen atoms in total. The minimum absolute atomic E-state index is 0. The van der Waals surface area contributed by atoms with Crippen molar-refractivity contribution in [3.8, 4) is 0 Å². The van der Waals surface area contributed by atoms with E-state index >= 15 is 0 Å². The Bertz CT molecular complexity index is 509. The van der Waals surface area contributed by atoms with Gasteiger partial charge in [0.05, 0.1) is 0 Å². The highest BCUT2D eigenvalue weighted by Gasteiger charge is 2.44. The first-order valence-electron chi connectivity index (χ1n) is 7.18. The average Bonchev–Trinajstić information content (AvgIpc) is 3.16. The maximum absolute atomic E-state index is 12.8. The van der Waals surface area contributed by atoms with Crippen molar-refractivity contribution in [3.05, 3.63) is 18.0 Å². The average molecular weight is 337 g/mol. The van der Waals surface area contributed by atoms with Crippen molar-refractivity contribution >= 4 is 18.4 Å². The fourth-order valence-electron chi connectivity index (χ4n) is 3.17. The van der Waals surface area contributed by atoms with E-state index in [1.807, 2.05) is 19.0 Å². The molecule has 2 heterocycles. The number of likely N-dealkylation sites (N-methyl/N-ethyl adjacent to an activating group) is 1. The Hall–Kier alpha value is -1.08. The minimum atomic E-state index is -4.42. The van der Waals surface area contributed by atoms with Crippen LogP contribution in [0.1, 0.15) is 18.5 Å². The first-order chi connectivity index (χ1) is 9.86. The Labute approximate surface area is 134 Å². The molecule has 3 rings (SSSR count). The normalized spacial score (nSPS) is 25.5. The van der Waals surface area contributed by atoms with Crippen molar-refractivity contribution < 1.29 is 13.2 Å². The molecule has 0 aromatic carbocycles. The molecule has 0 unspecified atom stereocenters. The number of anilines is 1. The molecule has 124 valence electrons. The van der Waals surface area contributed by atoms with Crippen LogP contribution < -0.4 is 4.90 Å². The van der Waals surface area contributed by atoms with Crippen LogP contribution in [0.5, 0.6) is 0 Å². The molecule has 1 aliphatic heterocycles. The quantitative estimate of drug-likeness (QED) is 0.849. The molecule has 0 amide bonds. The van der Waals surface area contributed by atoms with Gasteiger partial charge in [0.15, 0.2) is 0 Å². The van der Waals surface area contributed by atoms with Crippen molar-refractivity contribution in [1.29, 1.82) is 0 Å². The molecule has 1 saturated heterocycles. The smallest absolute Gasteiger partial charge is 0.339 e. The molecule has 2 atom stereocenters. The van der Waals surface area contributed by atoms with E-state index in [2.05, 4.69) is 14.9 Å². The predicted octanol–water partition coefficient (Wildman–Crippen LogP) is 2.69. The van der Waals surface area contributed by atoms with Gasteiger partial charge in [-0.15, -0.1) is 12.4 Å². The number of alkyl halides is 3. The van der Waals surface area contributed by atoms with E-state index in [1.165, 1.54) is 19.0 Å². The van der Waals surface area contributed by atoms with Crippen molar-refractivity contribution in [1.82, 2.24) is 14.9 Å². The summed E-state index contributed by atoms with van der Waals surface area (Å²) in [6.07, 6.45) is -0.771. The largest absolute Gasteiger partial charge is 0.433 e. The number of rotatable bonds is 3. The van der Waals surface area contributed by atoms with Crippen LogP contribution in [-0.4, -0.2) is 48.1 Å². The van der Waals surface area contributed by atoms with Crippen LogP contribution in [0.4, 0.5) is 19.1 Å². The Balaban J connectivity index is 0.00000176. The third-order valence-electron chi connectivity index (χ3n) is 4.44. The molecular formula is C14H20ClF3N4. The van der Waals surface area contributed by atoms with Gasteiger partial charge in [0.25, 0.3) is 0 Å². The molecule has 0 radical (unpaired) electrons. The number of nitrogens with zero attached hydrogens (tertiary/aromatic N) is 4. The molecule has 2 fully saturated rings. The minimum Gasteiger partial charge on any atom is -0.339 e. The van der Waals surface area contributed by atoms with E-state index in [4.69, 9.17) is 0 Å². The zero-order chi connectivity index (χ0) is 15.2. The number of hydrogen-bond donors (Lipinski definition) is 0. The molecule has 1 aliphatic carbocycles. The summed E-state index contributed by atoms with van der Waals surface area (Å²) in [6.45, 7) is 1.43. The Kier molecular flexibility index (Phi) is 4.87. The number of halogens is 4. The van der Waals surface area contributed by atoms with Gasteiger partial charge < -0.3 is 9.80 Å². The fourth-order valence-corrected chi connectivity index (χ4v) is 3.17. The molecule has 1 aromatic heterocycles. The standard InChI is InChI=1S/C14H19F3N4.ClH/c1-20(2)11-8-21(7-10(11)9-3-4-9)13-18-6-5-12(19-13)14(15,16)17;/h5-6,9-11H,3-4,7-8H2,1-2H3;1H/t10-,11+;/m1./s1. The molecular weight excluding hydrogens is 317 g/mol. The van der Waals surface area contributed by atoms with Crippen molar-refractivity contribution in [3.63, 3.8) is 0 Å². The van der Waals surface area contributed by atoms with E-state index < -0.39 is 11.9 Å². The Morgan fingerprint density at radius 1 is 1.23 bits per heavy atom. The van der Waals surface area contributed by atoms with Crippen LogP contribution in [0.2, 0.25) is 0 Å². The summed E-state index contributed by atoms with van der Waals surface area (Å²) in [5.74, 6) is 1.39. The van der Waals surface area contributed by atoms with Gasteiger partial charge >= 0.3 is 6.18 Å². The first-order valence-corrected chi connectivity index (χ1v) is 7.18. The monoisotopic (exact) mass is 336 g/mol. The zero-order valence-corrected chi connectivity index (χ0v) is 13.4. The van der Waals surface area contributed by atoms with E-state index in [0.717, 1.165) is 12.6 Å². The third kappa shape index (κ3) is 3.46. The first kappa shape index (κ1) is 17.3. The van der Waals surface area contributed by atoms with Crippen LogP contribution in [0.25, 0.3) is 0 Å². The summed E-state index contributed by atoms with van der Waals surface area (Å²) in [4.78, 5) is 11.8. The van der Waals surface area contributed by atoms with Gasteiger partial charge in [-0.25, -0.2) is 9.97 Å².